The van der Waals surface area contributed by atoms with Crippen LogP contribution in [0.15, 0.2) is 42.5 Å². The zero-order valence-corrected chi connectivity index (χ0v) is 16.9. The SMILES string of the molecule is CCC(C)C(C(=O)Nc1ccc(OC)c(OC)c1)N1C(=O)c2ccccc2C1=O. The molecule has 1 N–H and O–H groups in total. The molecule has 29 heavy (non-hydrogen) atoms. The molecule has 2 aromatic carbocycles. The van der Waals surface area contributed by atoms with Gasteiger partial charge in [0.05, 0.1) is 25.3 Å². The van der Waals surface area contributed by atoms with Crippen LogP contribution in [0.4, 0.5) is 5.69 Å². The number of benzene rings is 2. The Bertz CT molecular complexity index is 921. The lowest BCUT2D eigenvalue weighted by molar-refractivity contribution is -0.121. The molecule has 0 bridgehead atoms. The molecule has 0 spiro atoms. The number of ether oxygens (including phenoxy) is 2. The third-order valence-corrected chi connectivity index (χ3v) is 5.21. The van der Waals surface area contributed by atoms with E-state index in [-0.39, 0.29) is 5.92 Å². The maximum Gasteiger partial charge on any atom is 0.262 e. The van der Waals surface area contributed by atoms with E-state index in [1.165, 1.54) is 14.2 Å². The lowest BCUT2D eigenvalue weighted by atomic mass is 9.96. The molecule has 1 heterocycles. The first-order valence-electron chi connectivity index (χ1n) is 9.42. The Morgan fingerprint density at radius 3 is 2.10 bits per heavy atom. The molecule has 2 unspecified atom stereocenters. The number of nitrogens with zero attached hydrogens (tertiary/aromatic N) is 1. The molecule has 0 fully saturated rings. The summed E-state index contributed by atoms with van der Waals surface area (Å²) in [5.74, 6) is -0.550. The Balaban J connectivity index is 1.91. The highest BCUT2D eigenvalue weighted by molar-refractivity contribution is 6.23. The zero-order valence-electron chi connectivity index (χ0n) is 16.9. The van der Waals surface area contributed by atoms with Gasteiger partial charge in [-0.1, -0.05) is 32.4 Å². The minimum absolute atomic E-state index is 0.225. The molecule has 1 aliphatic heterocycles. The molecule has 0 saturated carbocycles. The molecular formula is C22H24N2O5. The molecule has 7 nitrogen and oxygen atoms in total. The molecule has 7 heteroatoms. The molecule has 0 saturated heterocycles. The number of amides is 3. The van der Waals surface area contributed by atoms with Gasteiger partial charge in [0.15, 0.2) is 11.5 Å². The molecule has 1 aliphatic rings. The van der Waals surface area contributed by atoms with Crippen LogP contribution in [-0.2, 0) is 4.79 Å². The summed E-state index contributed by atoms with van der Waals surface area (Å²) in [5.41, 5.74) is 1.13. The van der Waals surface area contributed by atoms with Crippen molar-refractivity contribution in [1.29, 1.82) is 0 Å². The van der Waals surface area contributed by atoms with E-state index < -0.39 is 23.8 Å². The average molecular weight is 396 g/mol. The number of methoxy groups -OCH3 is 2. The summed E-state index contributed by atoms with van der Waals surface area (Å²) in [6, 6.07) is 10.7. The topological polar surface area (TPSA) is 84.9 Å². The van der Waals surface area contributed by atoms with Gasteiger partial charge < -0.3 is 14.8 Å². The van der Waals surface area contributed by atoms with Crippen LogP contribution < -0.4 is 14.8 Å². The van der Waals surface area contributed by atoms with Crippen LogP contribution in [-0.4, -0.2) is 42.9 Å². The fraction of sp³-hybridized carbons (Fsp3) is 0.318. The van der Waals surface area contributed by atoms with Gasteiger partial charge in [-0.05, 0) is 30.2 Å². The number of carbonyl (C=O) groups excluding carboxylic acids is 3. The van der Waals surface area contributed by atoms with E-state index in [0.29, 0.717) is 34.7 Å². The Morgan fingerprint density at radius 2 is 1.59 bits per heavy atom. The van der Waals surface area contributed by atoms with Crippen molar-refractivity contribution >= 4 is 23.4 Å². The van der Waals surface area contributed by atoms with Gasteiger partial charge in [-0.25, -0.2) is 0 Å². The number of imide groups is 1. The van der Waals surface area contributed by atoms with Crippen molar-refractivity contribution in [2.75, 3.05) is 19.5 Å². The highest BCUT2D eigenvalue weighted by atomic mass is 16.5. The third-order valence-electron chi connectivity index (χ3n) is 5.21. The standard InChI is InChI=1S/C22H24N2O5/c1-5-13(2)19(24-21(26)15-8-6-7-9-16(15)22(24)27)20(25)23-14-10-11-17(28-3)18(12-14)29-4/h6-13,19H,5H2,1-4H3,(H,23,25). The van der Waals surface area contributed by atoms with E-state index >= 15 is 0 Å². The summed E-state index contributed by atoms with van der Waals surface area (Å²) >= 11 is 0. The minimum atomic E-state index is -0.930. The van der Waals surface area contributed by atoms with Crippen LogP contribution in [0.5, 0.6) is 11.5 Å². The van der Waals surface area contributed by atoms with Gasteiger partial charge in [-0.3, -0.25) is 19.3 Å². The zero-order chi connectivity index (χ0) is 21.1. The molecule has 3 rings (SSSR count). The van der Waals surface area contributed by atoms with Gasteiger partial charge >= 0.3 is 0 Å². The van der Waals surface area contributed by atoms with Crippen LogP contribution in [0.2, 0.25) is 0 Å². The molecule has 152 valence electrons. The predicted molar refractivity (Wildman–Crippen MR) is 108 cm³/mol. The van der Waals surface area contributed by atoms with Crippen molar-refractivity contribution in [3.8, 4) is 11.5 Å². The molecular weight excluding hydrogens is 372 g/mol. The van der Waals surface area contributed by atoms with Crippen molar-refractivity contribution < 1.29 is 23.9 Å². The van der Waals surface area contributed by atoms with E-state index in [1.807, 2.05) is 13.8 Å². The minimum Gasteiger partial charge on any atom is -0.493 e. The van der Waals surface area contributed by atoms with E-state index in [1.54, 1.807) is 42.5 Å². The number of nitrogens with one attached hydrogen (secondary N) is 1. The Labute approximate surface area is 169 Å². The van der Waals surface area contributed by atoms with Crippen LogP contribution in [0.25, 0.3) is 0 Å². The number of hydrogen-bond acceptors (Lipinski definition) is 5. The molecule has 2 aromatic rings. The monoisotopic (exact) mass is 396 g/mol. The summed E-state index contributed by atoms with van der Waals surface area (Å²) < 4.78 is 10.5. The van der Waals surface area contributed by atoms with E-state index in [4.69, 9.17) is 9.47 Å². The van der Waals surface area contributed by atoms with Crippen molar-refractivity contribution in [2.45, 2.75) is 26.3 Å². The Hall–Kier alpha value is -3.35. The van der Waals surface area contributed by atoms with Gasteiger partial charge in [0.1, 0.15) is 6.04 Å². The first kappa shape index (κ1) is 20.4. The smallest absolute Gasteiger partial charge is 0.262 e. The molecule has 0 radical (unpaired) electrons. The normalized spacial score (nSPS) is 15.0. The lowest BCUT2D eigenvalue weighted by Crippen LogP contribution is -2.50. The number of fused-ring (bicyclic) bond motifs is 1. The Morgan fingerprint density at radius 1 is 1.00 bits per heavy atom. The van der Waals surface area contributed by atoms with Gasteiger partial charge in [0.2, 0.25) is 5.91 Å². The van der Waals surface area contributed by atoms with Gasteiger partial charge in [0, 0.05) is 11.8 Å². The number of rotatable bonds is 7. The second kappa shape index (κ2) is 8.34. The van der Waals surface area contributed by atoms with E-state index in [0.717, 1.165) is 4.90 Å². The summed E-state index contributed by atoms with van der Waals surface area (Å²) in [6.07, 6.45) is 0.622. The second-order valence-electron chi connectivity index (χ2n) is 6.92. The van der Waals surface area contributed by atoms with E-state index in [9.17, 15) is 14.4 Å². The van der Waals surface area contributed by atoms with Gasteiger partial charge in [0.25, 0.3) is 11.8 Å². The van der Waals surface area contributed by atoms with Crippen LogP contribution in [0, 0.1) is 5.92 Å². The predicted octanol–water partition coefficient (Wildman–Crippen LogP) is 3.35. The van der Waals surface area contributed by atoms with Gasteiger partial charge in [-0.15, -0.1) is 0 Å². The molecule has 3 amide bonds. The highest BCUT2D eigenvalue weighted by Crippen LogP contribution is 2.32. The summed E-state index contributed by atoms with van der Waals surface area (Å²) in [5, 5.41) is 2.81. The lowest BCUT2D eigenvalue weighted by Gasteiger charge is -2.29. The highest BCUT2D eigenvalue weighted by Gasteiger charge is 2.44. The Kier molecular flexibility index (Phi) is 5.87. The van der Waals surface area contributed by atoms with E-state index in [2.05, 4.69) is 5.32 Å². The number of hydrogen-bond donors (Lipinski definition) is 1. The second-order valence-corrected chi connectivity index (χ2v) is 6.92. The van der Waals surface area contributed by atoms with Gasteiger partial charge in [-0.2, -0.15) is 0 Å². The summed E-state index contributed by atoms with van der Waals surface area (Å²) in [6.45, 7) is 3.77. The first-order valence-corrected chi connectivity index (χ1v) is 9.42. The molecule has 0 aliphatic carbocycles. The molecule has 0 aromatic heterocycles. The van der Waals surface area contributed by atoms with Crippen molar-refractivity contribution in [2.24, 2.45) is 5.92 Å². The van der Waals surface area contributed by atoms with Crippen LogP contribution >= 0.6 is 0 Å². The van der Waals surface area contributed by atoms with Crippen molar-refractivity contribution in [3.05, 3.63) is 53.6 Å². The first-order chi connectivity index (χ1) is 13.9. The largest absolute Gasteiger partial charge is 0.493 e. The maximum absolute atomic E-state index is 13.2. The maximum atomic E-state index is 13.2. The quantitative estimate of drug-likeness (QED) is 0.726. The van der Waals surface area contributed by atoms with Crippen LogP contribution in [0.1, 0.15) is 41.0 Å². The third kappa shape index (κ3) is 3.68. The van der Waals surface area contributed by atoms with Crippen molar-refractivity contribution in [3.63, 3.8) is 0 Å². The average Bonchev–Trinajstić information content (AvgIpc) is 2.99. The number of anilines is 1. The fourth-order valence-electron chi connectivity index (χ4n) is 3.44. The fourth-order valence-corrected chi connectivity index (χ4v) is 3.44. The molecule has 2 atom stereocenters. The van der Waals surface area contributed by atoms with Crippen LogP contribution in [0.3, 0.4) is 0 Å². The number of carbonyl (C=O) groups is 3. The van der Waals surface area contributed by atoms with Crippen molar-refractivity contribution in [1.82, 2.24) is 4.90 Å². The summed E-state index contributed by atoms with van der Waals surface area (Å²) in [4.78, 5) is 40.0. The summed E-state index contributed by atoms with van der Waals surface area (Å²) in [7, 11) is 3.03.